The zero-order chi connectivity index (χ0) is 34.9. The molecule has 0 aromatic heterocycles. The van der Waals surface area contributed by atoms with E-state index in [1.807, 2.05) is 6.92 Å². The standard InChI is InChI=1S/C33H18BF10NO3/c1-3-17-11-14-21(20(15-17)45(18-7-5-4-6-8-18)19-12-9-16(2)10-13-19)46-34(47-32-28(41)24(37)22(35)25(38)29(32)42)48-33-30(43)26(39)23(36)27(40)31(33)44/h3-15H,1H2,2H3. The van der Waals surface area contributed by atoms with Gasteiger partial charge in [0.2, 0.25) is 58.2 Å². The Balaban J connectivity index is 1.70. The van der Waals surface area contributed by atoms with Crippen molar-refractivity contribution in [2.24, 2.45) is 0 Å². The van der Waals surface area contributed by atoms with Crippen LogP contribution in [0.2, 0.25) is 0 Å². The molecular weight excluding hydrogens is 659 g/mol. The van der Waals surface area contributed by atoms with Gasteiger partial charge in [-0.1, -0.05) is 54.6 Å². The third-order valence-corrected chi connectivity index (χ3v) is 6.76. The summed E-state index contributed by atoms with van der Waals surface area (Å²) in [5.41, 5.74) is 2.33. The van der Waals surface area contributed by atoms with E-state index in [4.69, 9.17) is 14.0 Å². The summed E-state index contributed by atoms with van der Waals surface area (Å²) in [6.45, 7) is 5.52. The van der Waals surface area contributed by atoms with Crippen molar-refractivity contribution in [3.63, 3.8) is 0 Å². The van der Waals surface area contributed by atoms with Crippen LogP contribution in [0, 0.1) is 65.1 Å². The molecule has 48 heavy (non-hydrogen) atoms. The number of rotatable bonds is 10. The largest absolute Gasteiger partial charge is 0.864 e. The molecule has 5 aromatic carbocycles. The first-order valence-corrected chi connectivity index (χ1v) is 13.5. The number of nitrogens with zero attached hydrogens (tertiary/aromatic N) is 1. The van der Waals surface area contributed by atoms with Crippen LogP contribution >= 0.6 is 0 Å². The number of aryl methyl sites for hydroxylation is 1. The van der Waals surface area contributed by atoms with Gasteiger partial charge in [0.05, 0.1) is 5.69 Å². The molecule has 5 rings (SSSR count). The number of anilines is 3. The van der Waals surface area contributed by atoms with E-state index in [1.54, 1.807) is 59.5 Å². The predicted octanol–water partition coefficient (Wildman–Crippen LogP) is 10.0. The average Bonchev–Trinajstić information content (AvgIpc) is 3.10. The first kappa shape index (κ1) is 33.8. The molecule has 0 amide bonds. The highest BCUT2D eigenvalue weighted by Gasteiger charge is 2.40. The van der Waals surface area contributed by atoms with Crippen LogP contribution in [0.5, 0.6) is 17.2 Å². The fourth-order valence-electron chi connectivity index (χ4n) is 4.38. The molecule has 0 N–H and O–H groups in total. The summed E-state index contributed by atoms with van der Waals surface area (Å²) in [5, 5.41) is 0. The summed E-state index contributed by atoms with van der Waals surface area (Å²) in [6, 6.07) is 19.3. The number of halogens is 10. The van der Waals surface area contributed by atoms with Crippen LogP contribution in [0.1, 0.15) is 11.1 Å². The van der Waals surface area contributed by atoms with Gasteiger partial charge in [-0.05, 0) is 48.9 Å². The summed E-state index contributed by atoms with van der Waals surface area (Å²) in [4.78, 5) is 1.57. The smallest absolute Gasteiger partial charge is 0.488 e. The van der Waals surface area contributed by atoms with E-state index in [0.29, 0.717) is 16.9 Å². The zero-order valence-electron chi connectivity index (χ0n) is 24.2. The lowest BCUT2D eigenvalue weighted by Gasteiger charge is -2.28. The van der Waals surface area contributed by atoms with E-state index >= 15 is 0 Å². The average molecular weight is 677 g/mol. The van der Waals surface area contributed by atoms with Gasteiger partial charge in [-0.15, -0.1) is 0 Å². The minimum absolute atomic E-state index is 0.0504. The highest BCUT2D eigenvalue weighted by atomic mass is 19.2. The van der Waals surface area contributed by atoms with E-state index in [1.165, 1.54) is 24.3 Å². The molecule has 0 bridgehead atoms. The normalized spacial score (nSPS) is 10.9. The van der Waals surface area contributed by atoms with Crippen LogP contribution in [0.3, 0.4) is 0 Å². The lowest BCUT2D eigenvalue weighted by Crippen LogP contribution is -2.39. The van der Waals surface area contributed by atoms with Crippen molar-refractivity contribution in [3.05, 3.63) is 149 Å². The predicted molar refractivity (Wildman–Crippen MR) is 156 cm³/mol. The van der Waals surface area contributed by atoms with Gasteiger partial charge in [-0.2, -0.15) is 17.6 Å². The van der Waals surface area contributed by atoms with Crippen LogP contribution in [0.15, 0.2) is 79.4 Å². The molecule has 0 atom stereocenters. The summed E-state index contributed by atoms with van der Waals surface area (Å²) in [6.07, 6.45) is 1.42. The Morgan fingerprint density at radius 2 is 0.979 bits per heavy atom. The van der Waals surface area contributed by atoms with Crippen LogP contribution in [-0.2, 0) is 0 Å². The van der Waals surface area contributed by atoms with Gasteiger partial charge in [-0.25, -0.2) is 26.3 Å². The first-order chi connectivity index (χ1) is 22.8. The Morgan fingerprint density at radius 3 is 1.44 bits per heavy atom. The van der Waals surface area contributed by atoms with Gasteiger partial charge in [-0.3, -0.25) is 0 Å². The minimum atomic E-state index is -2.96. The molecule has 0 heterocycles. The molecule has 0 saturated carbocycles. The van der Waals surface area contributed by atoms with E-state index in [2.05, 4.69) is 6.58 Å². The zero-order valence-corrected chi connectivity index (χ0v) is 24.2. The molecule has 0 radical (unpaired) electrons. The molecule has 4 nitrogen and oxygen atoms in total. The van der Waals surface area contributed by atoms with Crippen molar-refractivity contribution in [2.45, 2.75) is 6.92 Å². The molecule has 0 spiro atoms. The summed E-state index contributed by atoms with van der Waals surface area (Å²) in [7, 11) is -2.96. The topological polar surface area (TPSA) is 30.9 Å². The van der Waals surface area contributed by atoms with Gasteiger partial charge in [0, 0.05) is 11.4 Å². The molecule has 0 aliphatic heterocycles. The summed E-state index contributed by atoms with van der Waals surface area (Å²) in [5.74, 6) is -29.8. The third-order valence-electron chi connectivity index (χ3n) is 6.76. The maximum Gasteiger partial charge on any atom is 0.864 e. The van der Waals surface area contributed by atoms with E-state index < -0.39 is 82.7 Å². The quantitative estimate of drug-likeness (QED) is 0.0638. The van der Waals surface area contributed by atoms with E-state index in [0.717, 1.165) is 5.56 Å². The van der Waals surface area contributed by atoms with Crippen LogP contribution in [0.4, 0.5) is 61.0 Å². The van der Waals surface area contributed by atoms with Crippen molar-refractivity contribution < 1.29 is 57.9 Å². The summed E-state index contributed by atoms with van der Waals surface area (Å²) < 4.78 is 157. The van der Waals surface area contributed by atoms with Crippen LogP contribution < -0.4 is 18.9 Å². The molecule has 0 aliphatic rings. The van der Waals surface area contributed by atoms with Crippen molar-refractivity contribution in [2.75, 3.05) is 4.90 Å². The second kappa shape index (κ2) is 13.6. The molecule has 0 saturated heterocycles. The number of para-hydroxylation sites is 1. The molecule has 0 aliphatic carbocycles. The Kier molecular flexibility index (Phi) is 9.59. The lowest BCUT2D eigenvalue weighted by molar-refractivity contribution is 0.260. The van der Waals surface area contributed by atoms with Gasteiger partial charge in [0.25, 0.3) is 0 Å². The Labute approximate surface area is 266 Å². The molecule has 246 valence electrons. The SMILES string of the molecule is C=Cc1ccc(OB(Oc2c(F)c(F)c(F)c(F)c2F)Oc2c(F)c(F)c(F)c(F)c2F)c(N(c2ccccc2)c2ccc(C)cc2)c1. The lowest BCUT2D eigenvalue weighted by atomic mass is 10.1. The second-order valence-electron chi connectivity index (χ2n) is 9.88. The van der Waals surface area contributed by atoms with Gasteiger partial charge >= 0.3 is 7.32 Å². The molecule has 0 unspecified atom stereocenters. The van der Waals surface area contributed by atoms with Gasteiger partial charge in [0.1, 0.15) is 5.75 Å². The van der Waals surface area contributed by atoms with Gasteiger partial charge < -0.3 is 18.9 Å². The van der Waals surface area contributed by atoms with Crippen molar-refractivity contribution in [3.8, 4) is 17.2 Å². The Hall–Kier alpha value is -5.60. The minimum Gasteiger partial charge on any atom is -0.488 e. The molecule has 0 fully saturated rings. The van der Waals surface area contributed by atoms with Crippen molar-refractivity contribution in [1.82, 2.24) is 0 Å². The van der Waals surface area contributed by atoms with Gasteiger partial charge in [0.15, 0.2) is 11.5 Å². The molecular formula is C33H18BF10NO3. The van der Waals surface area contributed by atoms with Crippen molar-refractivity contribution >= 4 is 30.5 Å². The van der Waals surface area contributed by atoms with E-state index in [9.17, 15) is 43.9 Å². The monoisotopic (exact) mass is 677 g/mol. The first-order valence-electron chi connectivity index (χ1n) is 13.5. The van der Waals surface area contributed by atoms with Crippen LogP contribution in [0.25, 0.3) is 6.08 Å². The highest BCUT2D eigenvalue weighted by Crippen LogP contribution is 2.42. The molecule has 5 aromatic rings. The maximum atomic E-state index is 14.7. The van der Waals surface area contributed by atoms with E-state index in [-0.39, 0.29) is 5.69 Å². The maximum absolute atomic E-state index is 14.7. The Bertz CT molecular complexity index is 1880. The second-order valence-corrected chi connectivity index (χ2v) is 9.88. The molecule has 15 heteroatoms. The highest BCUT2D eigenvalue weighted by molar-refractivity contribution is 6.39. The number of hydrogen-bond acceptors (Lipinski definition) is 4. The van der Waals surface area contributed by atoms with Crippen LogP contribution in [-0.4, -0.2) is 7.32 Å². The third kappa shape index (κ3) is 6.35. The fraction of sp³-hybridized carbons (Fsp3) is 0.0303. The van der Waals surface area contributed by atoms with Crippen molar-refractivity contribution in [1.29, 1.82) is 0 Å². The fourth-order valence-corrected chi connectivity index (χ4v) is 4.38. The number of hydrogen-bond donors (Lipinski definition) is 0. The number of benzene rings is 5. The Morgan fingerprint density at radius 1 is 0.542 bits per heavy atom. The summed E-state index contributed by atoms with van der Waals surface area (Å²) >= 11 is 0.